The van der Waals surface area contributed by atoms with Gasteiger partial charge in [-0.05, 0) is 23.9 Å². The van der Waals surface area contributed by atoms with Crippen molar-refractivity contribution in [2.45, 2.75) is 9.61 Å². The molecule has 1 aromatic heterocycles. The molecule has 0 bridgehead atoms. The van der Waals surface area contributed by atoms with Crippen LogP contribution in [0.2, 0.25) is 0 Å². The highest BCUT2D eigenvalue weighted by molar-refractivity contribution is 8.24. The Morgan fingerprint density at radius 3 is 2.56 bits per heavy atom. The van der Waals surface area contributed by atoms with Crippen LogP contribution in [-0.2, 0) is 14.6 Å². The van der Waals surface area contributed by atoms with E-state index in [1.54, 1.807) is 6.07 Å². The van der Waals surface area contributed by atoms with Crippen molar-refractivity contribution in [3.8, 4) is 0 Å². The van der Waals surface area contributed by atoms with Crippen LogP contribution in [0.1, 0.15) is 0 Å². The summed E-state index contributed by atoms with van der Waals surface area (Å²) in [5, 5.41) is 1.05. The van der Waals surface area contributed by atoms with E-state index in [4.69, 9.17) is 0 Å². The number of rotatable bonds is 2. The van der Waals surface area contributed by atoms with Crippen LogP contribution in [0.25, 0.3) is 0 Å². The molecule has 2 rings (SSSR count). The lowest BCUT2D eigenvalue weighted by atomic mass is 10.5. The fourth-order valence-corrected chi connectivity index (χ4v) is 3.79. The third-order valence-corrected chi connectivity index (χ3v) is 5.26. The van der Waals surface area contributed by atoms with E-state index in [1.807, 2.05) is 5.32 Å². The highest BCUT2D eigenvalue weighted by Crippen LogP contribution is 2.28. The predicted molar refractivity (Wildman–Crippen MR) is 56.3 cm³/mol. The number of nitrogens with one attached hydrogen (secondary N) is 1. The van der Waals surface area contributed by atoms with Gasteiger partial charge in [-0.25, -0.2) is 13.4 Å². The molecule has 0 radical (unpaired) electrons. The van der Waals surface area contributed by atoms with Crippen LogP contribution in [0, 0.1) is 0 Å². The van der Waals surface area contributed by atoms with Gasteiger partial charge in [0.2, 0.25) is 14.4 Å². The maximum Gasteiger partial charge on any atom is 0.287 e. The zero-order valence-corrected chi connectivity index (χ0v) is 9.42. The van der Waals surface area contributed by atoms with Gasteiger partial charge in [-0.1, -0.05) is 6.07 Å². The maximum absolute atomic E-state index is 11.9. The Balaban J connectivity index is 2.41. The van der Waals surface area contributed by atoms with Gasteiger partial charge in [-0.3, -0.25) is 14.9 Å². The molecule has 2 heterocycles. The van der Waals surface area contributed by atoms with Crippen LogP contribution in [0.3, 0.4) is 0 Å². The normalized spacial score (nSPS) is 20.9. The molecule has 84 valence electrons. The van der Waals surface area contributed by atoms with Gasteiger partial charge in [-0.15, -0.1) is 0 Å². The molecule has 1 fully saturated rings. The van der Waals surface area contributed by atoms with Gasteiger partial charge < -0.3 is 0 Å². The molecular weight excluding hydrogens is 252 g/mol. The van der Waals surface area contributed by atoms with Gasteiger partial charge in [0.15, 0.2) is 5.03 Å². The summed E-state index contributed by atoms with van der Waals surface area (Å²) < 4.78 is 22.4. The van der Waals surface area contributed by atoms with E-state index in [0.717, 1.165) is 0 Å². The third kappa shape index (κ3) is 1.81. The second-order valence-corrected chi connectivity index (χ2v) is 6.30. The topological polar surface area (TPSA) is 93.2 Å². The Morgan fingerprint density at radius 2 is 2.06 bits per heavy atom. The molecule has 1 aromatic rings. The lowest BCUT2D eigenvalue weighted by molar-refractivity contribution is -0.117. The van der Waals surface area contributed by atoms with Crippen molar-refractivity contribution in [2.24, 2.45) is 0 Å². The standard InChI is InChI=1S/C8H6N2O4S2/c11-6-7(15-8(12)10-6)16(13,14)5-3-1-2-4-9-5/h1-4,7H,(H,10,11,12). The first kappa shape index (κ1) is 11.1. The van der Waals surface area contributed by atoms with Gasteiger partial charge in [0.05, 0.1) is 0 Å². The maximum atomic E-state index is 11.9. The van der Waals surface area contributed by atoms with Crippen LogP contribution in [0.5, 0.6) is 0 Å². The Bertz CT molecular complexity index is 540. The smallest absolute Gasteiger partial charge is 0.285 e. The molecule has 1 N–H and O–H groups in total. The summed E-state index contributed by atoms with van der Waals surface area (Å²) in [7, 11) is -3.90. The molecule has 0 saturated carbocycles. The number of imide groups is 1. The zero-order chi connectivity index (χ0) is 11.8. The molecule has 0 aliphatic carbocycles. The number of thioether (sulfide) groups is 1. The molecule has 2 amide bonds. The van der Waals surface area contributed by atoms with Gasteiger partial charge in [0.1, 0.15) is 0 Å². The predicted octanol–water partition coefficient (Wildman–Crippen LogP) is 0.164. The molecule has 0 spiro atoms. The van der Waals surface area contributed by atoms with Gasteiger partial charge >= 0.3 is 0 Å². The largest absolute Gasteiger partial charge is 0.287 e. The first-order valence-electron chi connectivity index (χ1n) is 4.18. The van der Waals surface area contributed by atoms with E-state index in [2.05, 4.69) is 4.98 Å². The molecule has 1 aliphatic rings. The fraction of sp³-hybridized carbons (Fsp3) is 0.125. The summed E-state index contributed by atoms with van der Waals surface area (Å²) in [5.74, 6) is -0.819. The average Bonchev–Trinajstić information content (AvgIpc) is 2.60. The molecule has 1 atom stereocenters. The summed E-state index contributed by atoms with van der Waals surface area (Å²) in [5.41, 5.74) is 0. The molecule has 1 saturated heterocycles. The van der Waals surface area contributed by atoms with Gasteiger partial charge in [-0.2, -0.15) is 0 Å². The molecule has 0 aromatic carbocycles. The monoisotopic (exact) mass is 258 g/mol. The molecule has 1 unspecified atom stereocenters. The summed E-state index contributed by atoms with van der Waals surface area (Å²) in [4.78, 5) is 25.8. The van der Waals surface area contributed by atoms with Crippen LogP contribution >= 0.6 is 11.8 Å². The molecule has 16 heavy (non-hydrogen) atoms. The van der Waals surface area contributed by atoms with E-state index in [1.165, 1.54) is 18.3 Å². The minimum absolute atomic E-state index is 0.211. The number of hydrogen-bond acceptors (Lipinski definition) is 6. The van der Waals surface area contributed by atoms with Gasteiger partial charge in [0, 0.05) is 6.20 Å². The first-order chi connectivity index (χ1) is 7.51. The van der Waals surface area contributed by atoms with E-state index in [9.17, 15) is 18.0 Å². The number of aromatic nitrogens is 1. The second kappa shape index (κ2) is 3.87. The number of pyridine rings is 1. The van der Waals surface area contributed by atoms with E-state index in [0.29, 0.717) is 11.8 Å². The Hall–Kier alpha value is -1.41. The summed E-state index contributed by atoms with van der Waals surface area (Å²) >= 11 is 0.448. The number of nitrogens with zero attached hydrogens (tertiary/aromatic N) is 1. The van der Waals surface area contributed by atoms with E-state index in [-0.39, 0.29) is 5.03 Å². The van der Waals surface area contributed by atoms with Crippen molar-refractivity contribution >= 4 is 32.7 Å². The summed E-state index contributed by atoms with van der Waals surface area (Å²) in [6, 6.07) is 4.34. The van der Waals surface area contributed by atoms with Crippen LogP contribution < -0.4 is 5.32 Å². The van der Waals surface area contributed by atoms with Crippen molar-refractivity contribution in [3.05, 3.63) is 24.4 Å². The Kier molecular flexibility index (Phi) is 2.68. The number of carbonyl (C=O) groups excluding carboxylic acids is 2. The van der Waals surface area contributed by atoms with Crippen LogP contribution in [0.4, 0.5) is 4.79 Å². The number of sulfone groups is 1. The Labute approximate surface area is 95.4 Å². The highest BCUT2D eigenvalue weighted by Gasteiger charge is 2.43. The first-order valence-corrected chi connectivity index (χ1v) is 6.61. The lowest BCUT2D eigenvalue weighted by Crippen LogP contribution is -2.30. The second-order valence-electron chi connectivity index (χ2n) is 2.94. The highest BCUT2D eigenvalue weighted by atomic mass is 32.3. The van der Waals surface area contributed by atoms with Gasteiger partial charge in [0.25, 0.3) is 11.1 Å². The number of amides is 2. The minimum Gasteiger partial charge on any atom is -0.285 e. The third-order valence-electron chi connectivity index (χ3n) is 1.86. The number of carbonyl (C=O) groups is 2. The summed E-state index contributed by atoms with van der Waals surface area (Å²) in [6.45, 7) is 0. The molecule has 6 nitrogen and oxygen atoms in total. The SMILES string of the molecule is O=C1NC(=O)C(S(=O)(=O)c2ccccn2)S1. The number of hydrogen-bond donors (Lipinski definition) is 1. The zero-order valence-electron chi connectivity index (χ0n) is 7.78. The lowest BCUT2D eigenvalue weighted by Gasteiger charge is -2.05. The molecule has 1 aliphatic heterocycles. The Morgan fingerprint density at radius 1 is 1.31 bits per heavy atom. The van der Waals surface area contributed by atoms with Crippen molar-refractivity contribution in [3.63, 3.8) is 0 Å². The van der Waals surface area contributed by atoms with Crippen LogP contribution in [0.15, 0.2) is 29.4 Å². The molecule has 8 heteroatoms. The van der Waals surface area contributed by atoms with Crippen molar-refractivity contribution < 1.29 is 18.0 Å². The average molecular weight is 258 g/mol. The van der Waals surface area contributed by atoms with E-state index >= 15 is 0 Å². The van der Waals surface area contributed by atoms with E-state index < -0.39 is 25.6 Å². The van der Waals surface area contributed by atoms with Crippen molar-refractivity contribution in [2.75, 3.05) is 0 Å². The summed E-state index contributed by atoms with van der Waals surface area (Å²) in [6.07, 6.45) is 1.31. The quantitative estimate of drug-likeness (QED) is 0.812. The van der Waals surface area contributed by atoms with Crippen LogP contribution in [-0.4, -0.2) is 29.1 Å². The van der Waals surface area contributed by atoms with Crippen molar-refractivity contribution in [1.29, 1.82) is 0 Å². The van der Waals surface area contributed by atoms with Crippen molar-refractivity contribution in [1.82, 2.24) is 10.3 Å². The molecular formula is C8H6N2O4S2. The minimum atomic E-state index is -3.90. The fourth-order valence-electron chi connectivity index (χ4n) is 1.17.